The van der Waals surface area contributed by atoms with Gasteiger partial charge in [0.2, 0.25) is 0 Å². The first-order valence-corrected chi connectivity index (χ1v) is 13.1. The Bertz CT molecular complexity index is 1050. The molecule has 182 valence electrons. The third-order valence-electron chi connectivity index (χ3n) is 6.19. The molecule has 34 heavy (non-hydrogen) atoms. The molecule has 1 fully saturated rings. The summed E-state index contributed by atoms with van der Waals surface area (Å²) in [5.74, 6) is 0.692. The van der Waals surface area contributed by atoms with Gasteiger partial charge in [0, 0.05) is 24.4 Å². The highest BCUT2D eigenvalue weighted by Crippen LogP contribution is 2.23. The lowest BCUT2D eigenvalue weighted by atomic mass is 9.87. The lowest BCUT2D eigenvalue weighted by Gasteiger charge is -2.26. The summed E-state index contributed by atoms with van der Waals surface area (Å²) < 4.78 is 27.4. The fraction of sp³-hybridized carbons (Fsp3) is 0.481. The van der Waals surface area contributed by atoms with Crippen LogP contribution < -0.4 is 10.1 Å². The summed E-state index contributed by atoms with van der Waals surface area (Å²) in [5.41, 5.74) is 4.10. The lowest BCUT2D eigenvalue weighted by Crippen LogP contribution is -2.38. The molecule has 0 saturated carbocycles. The van der Waals surface area contributed by atoms with Crippen LogP contribution in [0.5, 0.6) is 5.75 Å². The van der Waals surface area contributed by atoms with Crippen molar-refractivity contribution in [2.45, 2.75) is 69.8 Å². The molecule has 4 rings (SSSR count). The monoisotopic (exact) mass is 482 g/mol. The Morgan fingerprint density at radius 1 is 1.18 bits per heavy atom. The molecule has 1 aliphatic carbocycles. The average Bonchev–Trinajstić information content (AvgIpc) is 3.34. The van der Waals surface area contributed by atoms with E-state index in [4.69, 9.17) is 9.47 Å². The van der Waals surface area contributed by atoms with Gasteiger partial charge >= 0.3 is 0 Å². The number of benzene rings is 2. The number of hydrogen-bond donors (Lipinski definition) is 1. The molecule has 7 heteroatoms. The Kier molecular flexibility index (Phi) is 7.84. The summed E-state index contributed by atoms with van der Waals surface area (Å²) in [7, 11) is -1.27. The summed E-state index contributed by atoms with van der Waals surface area (Å²) in [6.07, 6.45) is 6.58. The van der Waals surface area contributed by atoms with E-state index >= 15 is 0 Å². The number of fused-ring (bicyclic) bond motifs is 1. The zero-order valence-electron chi connectivity index (χ0n) is 20.2. The van der Waals surface area contributed by atoms with Crippen LogP contribution in [0.15, 0.2) is 46.9 Å². The fourth-order valence-electron chi connectivity index (χ4n) is 4.18. The first kappa shape index (κ1) is 24.6. The van der Waals surface area contributed by atoms with Crippen LogP contribution in [0.4, 0.5) is 0 Å². The standard InChI is InChI=1S/C27H34N2O4S/c1-27(2,3)34(31)28-17-19-6-7-22-16-23(11-8-21(22)15-19)29-26(30)20-9-12-24(13-10-20)33-18-25-5-4-14-32-25/h6-7,9-10,12-13,15,17,23,25H,4-5,8,11,14,16,18H2,1-3H3,(H,29,30). The minimum atomic E-state index is -1.27. The third-order valence-corrected chi connectivity index (χ3v) is 7.54. The zero-order chi connectivity index (χ0) is 24.1. The summed E-state index contributed by atoms with van der Waals surface area (Å²) >= 11 is 0. The van der Waals surface area contributed by atoms with Gasteiger partial charge in [0.05, 0.1) is 10.9 Å². The van der Waals surface area contributed by atoms with Crippen LogP contribution in [-0.4, -0.2) is 46.4 Å². The maximum Gasteiger partial charge on any atom is 0.251 e. The maximum atomic E-state index is 12.8. The first-order valence-electron chi connectivity index (χ1n) is 12.0. The van der Waals surface area contributed by atoms with Crippen LogP contribution in [0, 0.1) is 0 Å². The molecule has 1 aliphatic heterocycles. The van der Waals surface area contributed by atoms with E-state index in [2.05, 4.69) is 21.8 Å². The molecule has 1 amide bonds. The lowest BCUT2D eigenvalue weighted by molar-refractivity contribution is 0.0679. The van der Waals surface area contributed by atoms with Crippen molar-refractivity contribution in [3.8, 4) is 5.75 Å². The molecule has 1 N–H and O–H groups in total. The third kappa shape index (κ3) is 6.54. The van der Waals surface area contributed by atoms with Gasteiger partial charge in [-0.3, -0.25) is 4.79 Å². The average molecular weight is 483 g/mol. The number of rotatable bonds is 7. The van der Waals surface area contributed by atoms with Gasteiger partial charge in [-0.05, 0) is 99.9 Å². The van der Waals surface area contributed by atoms with Crippen molar-refractivity contribution in [2.24, 2.45) is 4.40 Å². The number of aryl methyl sites for hydroxylation is 1. The number of carbonyl (C=O) groups is 1. The normalized spacial score (nSPS) is 21.3. The predicted octanol–water partition coefficient (Wildman–Crippen LogP) is 4.41. The zero-order valence-corrected chi connectivity index (χ0v) is 21.0. The van der Waals surface area contributed by atoms with E-state index in [1.54, 1.807) is 6.21 Å². The Balaban J connectivity index is 1.30. The van der Waals surface area contributed by atoms with Gasteiger partial charge in [-0.1, -0.05) is 12.1 Å². The molecule has 3 unspecified atom stereocenters. The van der Waals surface area contributed by atoms with E-state index in [-0.39, 0.29) is 22.8 Å². The molecular weight excluding hydrogens is 448 g/mol. The van der Waals surface area contributed by atoms with Gasteiger partial charge in [0.25, 0.3) is 5.91 Å². The van der Waals surface area contributed by atoms with Gasteiger partial charge in [0.15, 0.2) is 0 Å². The van der Waals surface area contributed by atoms with Crippen molar-refractivity contribution >= 4 is 23.1 Å². The van der Waals surface area contributed by atoms with E-state index in [0.717, 1.165) is 50.0 Å². The van der Waals surface area contributed by atoms with Crippen molar-refractivity contribution in [3.63, 3.8) is 0 Å². The molecule has 0 aromatic heterocycles. The largest absolute Gasteiger partial charge is 0.491 e. The summed E-state index contributed by atoms with van der Waals surface area (Å²) in [6.45, 7) is 7.10. The van der Waals surface area contributed by atoms with E-state index in [1.165, 1.54) is 11.1 Å². The van der Waals surface area contributed by atoms with Gasteiger partial charge in [-0.25, -0.2) is 4.21 Å². The number of nitrogens with one attached hydrogen (secondary N) is 1. The molecule has 1 saturated heterocycles. The van der Waals surface area contributed by atoms with Crippen LogP contribution in [0.25, 0.3) is 0 Å². The van der Waals surface area contributed by atoms with Crippen LogP contribution in [0.3, 0.4) is 0 Å². The SMILES string of the molecule is CC(C)(C)S(=O)N=Cc1ccc2c(c1)CCC(NC(=O)c1ccc(OCC3CCCO3)cc1)C2. The molecule has 6 nitrogen and oxygen atoms in total. The van der Waals surface area contributed by atoms with E-state index < -0.39 is 11.0 Å². The Labute approximate surface area is 204 Å². The molecular formula is C27H34N2O4S. The number of nitrogens with zero attached hydrogens (tertiary/aromatic N) is 1. The minimum absolute atomic E-state index is 0.0625. The Morgan fingerprint density at radius 2 is 1.97 bits per heavy atom. The van der Waals surface area contributed by atoms with Gasteiger partial charge in [-0.15, -0.1) is 0 Å². The van der Waals surface area contributed by atoms with Crippen molar-refractivity contribution < 1.29 is 18.5 Å². The van der Waals surface area contributed by atoms with Crippen molar-refractivity contribution in [3.05, 3.63) is 64.7 Å². The van der Waals surface area contributed by atoms with Crippen molar-refractivity contribution in [2.75, 3.05) is 13.2 Å². The molecule has 2 aromatic rings. The number of carbonyl (C=O) groups excluding carboxylic acids is 1. The Hall–Kier alpha value is -2.51. The van der Waals surface area contributed by atoms with Crippen LogP contribution in [-0.2, 0) is 28.6 Å². The fourth-order valence-corrected chi connectivity index (χ4v) is 4.72. The molecule has 2 aliphatic rings. The molecule has 0 bridgehead atoms. The number of hydrogen-bond acceptors (Lipinski definition) is 4. The second kappa shape index (κ2) is 10.8. The van der Waals surface area contributed by atoms with Crippen molar-refractivity contribution in [1.82, 2.24) is 5.32 Å². The van der Waals surface area contributed by atoms with Crippen molar-refractivity contribution in [1.29, 1.82) is 0 Å². The molecule has 0 radical (unpaired) electrons. The topological polar surface area (TPSA) is 77.0 Å². The predicted molar refractivity (Wildman–Crippen MR) is 136 cm³/mol. The second-order valence-electron chi connectivity index (χ2n) is 10.0. The summed E-state index contributed by atoms with van der Waals surface area (Å²) in [5, 5.41) is 3.18. The summed E-state index contributed by atoms with van der Waals surface area (Å²) in [6, 6.07) is 13.6. The van der Waals surface area contributed by atoms with E-state index in [0.29, 0.717) is 12.2 Å². The highest BCUT2D eigenvalue weighted by molar-refractivity contribution is 7.85. The van der Waals surface area contributed by atoms with Gasteiger partial charge < -0.3 is 14.8 Å². The smallest absolute Gasteiger partial charge is 0.251 e. The number of ether oxygens (including phenoxy) is 2. The highest BCUT2D eigenvalue weighted by Gasteiger charge is 2.22. The second-order valence-corrected chi connectivity index (χ2v) is 11.9. The number of amides is 1. The van der Waals surface area contributed by atoms with Crippen LogP contribution in [0.1, 0.15) is 67.1 Å². The Morgan fingerprint density at radius 3 is 2.68 bits per heavy atom. The van der Waals surface area contributed by atoms with E-state index in [1.807, 2.05) is 51.1 Å². The molecule has 3 atom stereocenters. The quantitative estimate of drug-likeness (QED) is 0.593. The minimum Gasteiger partial charge on any atom is -0.491 e. The molecule has 0 spiro atoms. The molecule has 2 aromatic carbocycles. The molecule has 1 heterocycles. The first-order chi connectivity index (χ1) is 16.3. The van der Waals surface area contributed by atoms with Gasteiger partial charge in [0.1, 0.15) is 23.3 Å². The van der Waals surface area contributed by atoms with Gasteiger partial charge in [-0.2, -0.15) is 4.40 Å². The van der Waals surface area contributed by atoms with E-state index in [9.17, 15) is 9.00 Å². The summed E-state index contributed by atoms with van der Waals surface area (Å²) in [4.78, 5) is 12.8. The maximum absolute atomic E-state index is 12.8. The highest BCUT2D eigenvalue weighted by atomic mass is 32.2. The van der Waals surface area contributed by atoms with Crippen LogP contribution in [0.2, 0.25) is 0 Å². The van der Waals surface area contributed by atoms with Crippen LogP contribution >= 0.6 is 0 Å².